The zero-order valence-corrected chi connectivity index (χ0v) is 13.3. The molecule has 4 heteroatoms. The molecule has 4 nitrogen and oxygen atoms in total. The summed E-state index contributed by atoms with van der Waals surface area (Å²) in [4.78, 5) is 19.8. The number of hydrogen-bond donors (Lipinski definition) is 2. The van der Waals surface area contributed by atoms with Gasteiger partial charge in [0.05, 0.1) is 11.0 Å². The van der Waals surface area contributed by atoms with Gasteiger partial charge in [-0.1, -0.05) is 49.4 Å². The van der Waals surface area contributed by atoms with E-state index in [-0.39, 0.29) is 5.91 Å². The van der Waals surface area contributed by atoms with E-state index in [1.54, 1.807) is 0 Å². The first-order chi connectivity index (χ1) is 11.2. The molecule has 118 valence electrons. The first-order valence-electron chi connectivity index (χ1n) is 7.97. The minimum atomic E-state index is 0.0632. The quantitative estimate of drug-likeness (QED) is 0.733. The SMILES string of the molecule is C[C@H](CNC(=O)CCc1nc2ccccc2[nH]1)c1ccccc1. The Bertz CT molecular complexity index is 746. The molecule has 0 unspecified atom stereocenters. The summed E-state index contributed by atoms with van der Waals surface area (Å²) in [5.41, 5.74) is 3.20. The number of nitrogens with one attached hydrogen (secondary N) is 2. The Hall–Kier alpha value is -2.62. The van der Waals surface area contributed by atoms with E-state index < -0.39 is 0 Å². The van der Waals surface area contributed by atoms with E-state index in [1.165, 1.54) is 5.56 Å². The van der Waals surface area contributed by atoms with Crippen molar-refractivity contribution in [3.8, 4) is 0 Å². The van der Waals surface area contributed by atoms with Crippen molar-refractivity contribution in [3.05, 3.63) is 66.0 Å². The summed E-state index contributed by atoms with van der Waals surface area (Å²) in [5, 5.41) is 3.00. The van der Waals surface area contributed by atoms with E-state index in [1.807, 2.05) is 42.5 Å². The van der Waals surface area contributed by atoms with Crippen LogP contribution < -0.4 is 5.32 Å². The number of fused-ring (bicyclic) bond motifs is 1. The van der Waals surface area contributed by atoms with Crippen molar-refractivity contribution in [3.63, 3.8) is 0 Å². The third-order valence-corrected chi connectivity index (χ3v) is 4.00. The second-order valence-electron chi connectivity index (χ2n) is 5.82. The van der Waals surface area contributed by atoms with Crippen LogP contribution in [-0.4, -0.2) is 22.4 Å². The van der Waals surface area contributed by atoms with Crippen LogP contribution in [0.25, 0.3) is 11.0 Å². The summed E-state index contributed by atoms with van der Waals surface area (Å²) in [5.74, 6) is 1.23. The Morgan fingerprint density at radius 1 is 1.13 bits per heavy atom. The molecule has 1 atom stereocenters. The molecule has 0 saturated carbocycles. The number of carbonyl (C=O) groups excluding carboxylic acids is 1. The predicted octanol–water partition coefficient (Wildman–Crippen LogP) is 3.42. The summed E-state index contributed by atoms with van der Waals surface area (Å²) >= 11 is 0. The van der Waals surface area contributed by atoms with Gasteiger partial charge in [0, 0.05) is 19.4 Å². The molecule has 0 saturated heterocycles. The highest BCUT2D eigenvalue weighted by atomic mass is 16.1. The zero-order valence-electron chi connectivity index (χ0n) is 13.3. The molecule has 1 amide bonds. The van der Waals surface area contributed by atoms with E-state index in [9.17, 15) is 4.79 Å². The number of aryl methyl sites for hydroxylation is 1. The average molecular weight is 307 g/mol. The van der Waals surface area contributed by atoms with Crippen LogP contribution in [-0.2, 0) is 11.2 Å². The van der Waals surface area contributed by atoms with Crippen LogP contribution in [0, 0.1) is 0 Å². The average Bonchev–Trinajstić information content (AvgIpc) is 3.01. The van der Waals surface area contributed by atoms with Crippen LogP contribution in [0.5, 0.6) is 0 Å². The fraction of sp³-hybridized carbons (Fsp3) is 0.263. The number of carbonyl (C=O) groups is 1. The molecule has 1 aromatic heterocycles. The lowest BCUT2D eigenvalue weighted by atomic mass is 10.0. The van der Waals surface area contributed by atoms with Gasteiger partial charge in [0.15, 0.2) is 0 Å². The standard InChI is InChI=1S/C19H21N3O/c1-14(15-7-3-2-4-8-15)13-20-19(23)12-11-18-21-16-9-5-6-10-17(16)22-18/h2-10,14H,11-13H2,1H3,(H,20,23)(H,21,22)/t14-/m1/s1. The topological polar surface area (TPSA) is 57.8 Å². The van der Waals surface area contributed by atoms with Crippen molar-refractivity contribution in [1.29, 1.82) is 0 Å². The molecule has 3 rings (SSSR count). The highest BCUT2D eigenvalue weighted by Gasteiger charge is 2.09. The zero-order chi connectivity index (χ0) is 16.1. The lowest BCUT2D eigenvalue weighted by molar-refractivity contribution is -0.121. The Morgan fingerprint density at radius 3 is 2.65 bits per heavy atom. The molecule has 0 aliphatic carbocycles. The number of hydrogen-bond acceptors (Lipinski definition) is 2. The molecule has 0 bridgehead atoms. The third kappa shape index (κ3) is 3.97. The fourth-order valence-electron chi connectivity index (χ4n) is 2.61. The van der Waals surface area contributed by atoms with E-state index in [2.05, 4.69) is 34.3 Å². The number of aromatic nitrogens is 2. The molecule has 0 radical (unpaired) electrons. The van der Waals surface area contributed by atoms with Crippen LogP contribution >= 0.6 is 0 Å². The fourth-order valence-corrected chi connectivity index (χ4v) is 2.61. The lowest BCUT2D eigenvalue weighted by Crippen LogP contribution is -2.27. The molecule has 0 aliphatic heterocycles. The maximum Gasteiger partial charge on any atom is 0.220 e. The van der Waals surface area contributed by atoms with E-state index in [4.69, 9.17) is 0 Å². The van der Waals surface area contributed by atoms with Gasteiger partial charge in [0.2, 0.25) is 5.91 Å². The molecular weight excluding hydrogens is 286 g/mol. The molecule has 1 heterocycles. The van der Waals surface area contributed by atoms with Gasteiger partial charge in [-0.05, 0) is 23.6 Å². The Balaban J connectivity index is 1.48. The van der Waals surface area contributed by atoms with E-state index in [0.717, 1.165) is 16.9 Å². The van der Waals surface area contributed by atoms with E-state index in [0.29, 0.717) is 25.3 Å². The van der Waals surface area contributed by atoms with Crippen LogP contribution in [0.1, 0.15) is 30.7 Å². The first-order valence-corrected chi connectivity index (χ1v) is 7.97. The van der Waals surface area contributed by atoms with Crippen molar-refractivity contribution in [2.45, 2.75) is 25.7 Å². The maximum atomic E-state index is 12.0. The van der Waals surface area contributed by atoms with Crippen LogP contribution in [0.4, 0.5) is 0 Å². The van der Waals surface area contributed by atoms with Crippen molar-refractivity contribution in [1.82, 2.24) is 15.3 Å². The number of H-pyrrole nitrogens is 1. The van der Waals surface area contributed by atoms with Crippen LogP contribution in [0.3, 0.4) is 0 Å². The van der Waals surface area contributed by atoms with Crippen molar-refractivity contribution in [2.75, 3.05) is 6.54 Å². The normalized spacial score (nSPS) is 12.2. The summed E-state index contributed by atoms with van der Waals surface area (Å²) in [6.07, 6.45) is 1.07. The number of para-hydroxylation sites is 2. The van der Waals surface area contributed by atoms with Gasteiger partial charge in [-0.3, -0.25) is 4.79 Å². The summed E-state index contributed by atoms with van der Waals surface area (Å²) < 4.78 is 0. The van der Waals surface area contributed by atoms with Gasteiger partial charge in [-0.2, -0.15) is 0 Å². The molecule has 23 heavy (non-hydrogen) atoms. The van der Waals surface area contributed by atoms with Crippen molar-refractivity contribution < 1.29 is 4.79 Å². The number of rotatable bonds is 6. The number of nitrogens with zero attached hydrogens (tertiary/aromatic N) is 1. The summed E-state index contributed by atoms with van der Waals surface area (Å²) in [6, 6.07) is 18.1. The van der Waals surface area contributed by atoms with Gasteiger partial charge < -0.3 is 10.3 Å². The highest BCUT2D eigenvalue weighted by Crippen LogP contribution is 2.13. The Labute approximate surface area is 136 Å². The predicted molar refractivity (Wildman–Crippen MR) is 92.3 cm³/mol. The van der Waals surface area contributed by atoms with Crippen molar-refractivity contribution >= 4 is 16.9 Å². The lowest BCUT2D eigenvalue weighted by Gasteiger charge is -2.12. The Kier molecular flexibility index (Phi) is 4.71. The summed E-state index contributed by atoms with van der Waals surface area (Å²) in [7, 11) is 0. The number of benzene rings is 2. The van der Waals surface area contributed by atoms with Gasteiger partial charge in [0.1, 0.15) is 5.82 Å². The highest BCUT2D eigenvalue weighted by molar-refractivity contribution is 5.77. The monoisotopic (exact) mass is 307 g/mol. The molecule has 0 aliphatic rings. The van der Waals surface area contributed by atoms with Crippen LogP contribution in [0.2, 0.25) is 0 Å². The van der Waals surface area contributed by atoms with Gasteiger partial charge >= 0.3 is 0 Å². The molecule has 0 spiro atoms. The second kappa shape index (κ2) is 7.09. The molecule has 2 N–H and O–H groups in total. The summed E-state index contributed by atoms with van der Waals surface area (Å²) in [6.45, 7) is 2.78. The molecule has 2 aromatic carbocycles. The van der Waals surface area contributed by atoms with Crippen LogP contribution in [0.15, 0.2) is 54.6 Å². The van der Waals surface area contributed by atoms with Gasteiger partial charge in [-0.25, -0.2) is 4.98 Å². The Morgan fingerprint density at radius 2 is 1.87 bits per heavy atom. The molecule has 0 fully saturated rings. The van der Waals surface area contributed by atoms with Gasteiger partial charge in [0.25, 0.3) is 0 Å². The first kappa shape index (κ1) is 15.3. The van der Waals surface area contributed by atoms with E-state index >= 15 is 0 Å². The number of amides is 1. The molecular formula is C19H21N3O. The largest absolute Gasteiger partial charge is 0.355 e. The minimum absolute atomic E-state index is 0.0632. The third-order valence-electron chi connectivity index (χ3n) is 4.00. The maximum absolute atomic E-state index is 12.0. The second-order valence-corrected chi connectivity index (χ2v) is 5.82. The van der Waals surface area contributed by atoms with Gasteiger partial charge in [-0.15, -0.1) is 0 Å². The number of aromatic amines is 1. The van der Waals surface area contributed by atoms with Crippen molar-refractivity contribution in [2.24, 2.45) is 0 Å². The number of imidazole rings is 1. The molecule has 3 aromatic rings. The minimum Gasteiger partial charge on any atom is -0.355 e. The smallest absolute Gasteiger partial charge is 0.220 e.